The van der Waals surface area contributed by atoms with E-state index < -0.39 is 63.5 Å². The molecular formula is C40H38F6N8O3S. The van der Waals surface area contributed by atoms with Gasteiger partial charge < -0.3 is 30.6 Å². The number of nitrogen functional groups attached to an aromatic ring is 2. The molecule has 3 aromatic heterocycles. The first kappa shape index (κ1) is 38.4. The third kappa shape index (κ3) is 6.38. The number of benzene rings is 2. The standard InChI is InChI=1S/C40H38F6N8O3S/c41-21-16-39(8-2-10-53(39)18-21)19-57-38-51-32-29-33(30(40(44,45)46)28(31(32)43)23-4-5-25(42)34-27(23)24(17-47)36(49)58-34)56-14-11-54(37(29)52-38)26(15-20-6-12-55-13-7-20)22-3-1-9-50-35(22)48/h1,3-5,9,20-21,26H,2,6-8,10-16,18-19,49H2,(H2,48,50)/t21-,26-,39+/m1/s1. The molecular weight excluding hydrogens is 787 g/mol. The summed E-state index contributed by atoms with van der Waals surface area (Å²) in [4.78, 5) is 17.3. The van der Waals surface area contributed by atoms with Crippen molar-refractivity contribution in [2.45, 2.75) is 62.5 Å². The monoisotopic (exact) mass is 824 g/mol. The lowest BCUT2D eigenvalue weighted by molar-refractivity contribution is -0.138. The Labute approximate surface area is 332 Å². The van der Waals surface area contributed by atoms with Gasteiger partial charge in [0, 0.05) is 48.9 Å². The zero-order chi connectivity index (χ0) is 40.5. The number of hydrogen-bond donors (Lipinski definition) is 2. The average molecular weight is 825 g/mol. The molecule has 0 unspecified atom stereocenters. The molecule has 4 N–H and O–H groups in total. The fourth-order valence-corrected chi connectivity index (χ4v) is 10.4. The van der Waals surface area contributed by atoms with Gasteiger partial charge in [-0.3, -0.25) is 4.90 Å². The maximum atomic E-state index is 17.7. The van der Waals surface area contributed by atoms with E-state index in [0.29, 0.717) is 49.5 Å². The molecule has 18 heteroatoms. The summed E-state index contributed by atoms with van der Waals surface area (Å²) in [5.74, 6) is -2.75. The van der Waals surface area contributed by atoms with Gasteiger partial charge in [-0.1, -0.05) is 12.1 Å². The van der Waals surface area contributed by atoms with Crippen LogP contribution < -0.4 is 25.8 Å². The Hall–Kier alpha value is -5.12. The van der Waals surface area contributed by atoms with E-state index in [1.807, 2.05) is 11.0 Å². The predicted octanol–water partition coefficient (Wildman–Crippen LogP) is 7.95. The lowest BCUT2D eigenvalue weighted by Gasteiger charge is -2.36. The fraction of sp³-hybridized carbons (Fsp3) is 0.450. The highest BCUT2D eigenvalue weighted by molar-refractivity contribution is 7.23. The lowest BCUT2D eigenvalue weighted by Crippen LogP contribution is -2.43. The molecule has 304 valence electrons. The van der Waals surface area contributed by atoms with Crippen molar-refractivity contribution in [1.29, 1.82) is 5.26 Å². The molecule has 7 heterocycles. The van der Waals surface area contributed by atoms with Crippen molar-refractivity contribution in [2.75, 3.05) is 62.4 Å². The highest BCUT2D eigenvalue weighted by atomic mass is 32.1. The zero-order valence-corrected chi connectivity index (χ0v) is 31.9. The van der Waals surface area contributed by atoms with Crippen molar-refractivity contribution in [1.82, 2.24) is 19.9 Å². The number of alkyl halides is 4. The Balaban J connectivity index is 1.31. The van der Waals surface area contributed by atoms with Gasteiger partial charge in [0.2, 0.25) is 0 Å². The molecule has 11 nitrogen and oxygen atoms in total. The van der Waals surface area contributed by atoms with Crippen molar-refractivity contribution in [2.24, 2.45) is 5.92 Å². The summed E-state index contributed by atoms with van der Waals surface area (Å²) in [6.45, 7) is 1.61. The number of fused-ring (bicyclic) bond motifs is 2. The molecule has 4 aliphatic heterocycles. The number of aromatic nitrogens is 3. The SMILES string of the molecule is N#Cc1c(N)sc2c(F)ccc(-c3c(C(F)(F)F)c4c5c(nc(OC[C@@]67CCCN6C[C@H](F)C7)nc5c3F)N([C@H](CC3CCOCC3)c3cccnc3N)CCO4)c12. The van der Waals surface area contributed by atoms with Crippen molar-refractivity contribution >= 4 is 49.0 Å². The molecule has 4 aliphatic rings. The largest absolute Gasteiger partial charge is 0.490 e. The minimum Gasteiger partial charge on any atom is -0.490 e. The average Bonchev–Trinajstić information content (AvgIpc) is 3.80. The topological polar surface area (TPSA) is 149 Å². The predicted molar refractivity (Wildman–Crippen MR) is 205 cm³/mol. The van der Waals surface area contributed by atoms with Crippen LogP contribution in [0.4, 0.5) is 43.0 Å². The molecule has 5 aromatic rings. The first-order valence-electron chi connectivity index (χ1n) is 19.1. The number of ether oxygens (including phenoxy) is 3. The maximum Gasteiger partial charge on any atom is 0.420 e. The van der Waals surface area contributed by atoms with Crippen LogP contribution in [0.15, 0.2) is 30.5 Å². The van der Waals surface area contributed by atoms with Gasteiger partial charge in [0.05, 0.1) is 33.8 Å². The second-order valence-corrected chi connectivity index (χ2v) is 16.4. The minimum atomic E-state index is -5.25. The number of hydrogen-bond acceptors (Lipinski definition) is 12. The van der Waals surface area contributed by atoms with Gasteiger partial charge in [-0.05, 0) is 62.3 Å². The normalized spacial score (nSPS) is 21.9. The van der Waals surface area contributed by atoms with Crippen LogP contribution in [0.5, 0.6) is 11.8 Å². The number of pyridine rings is 1. The van der Waals surface area contributed by atoms with Crippen molar-refractivity contribution < 1.29 is 40.6 Å². The molecule has 58 heavy (non-hydrogen) atoms. The number of halogens is 6. The Bertz CT molecular complexity index is 2470. The molecule has 0 radical (unpaired) electrons. The molecule has 3 fully saturated rings. The Morgan fingerprint density at radius 1 is 1.09 bits per heavy atom. The molecule has 0 bridgehead atoms. The van der Waals surface area contributed by atoms with Crippen LogP contribution in [0.1, 0.15) is 61.3 Å². The van der Waals surface area contributed by atoms with E-state index in [-0.39, 0.29) is 82.3 Å². The maximum absolute atomic E-state index is 17.7. The highest BCUT2D eigenvalue weighted by Gasteiger charge is 2.50. The number of anilines is 3. The van der Waals surface area contributed by atoms with E-state index in [4.69, 9.17) is 30.7 Å². The molecule has 3 atom stereocenters. The highest BCUT2D eigenvalue weighted by Crippen LogP contribution is 2.54. The van der Waals surface area contributed by atoms with Crippen molar-refractivity contribution in [3.05, 3.63) is 58.8 Å². The van der Waals surface area contributed by atoms with Crippen LogP contribution in [0.25, 0.3) is 32.1 Å². The van der Waals surface area contributed by atoms with Crippen LogP contribution in [0, 0.1) is 28.9 Å². The van der Waals surface area contributed by atoms with Crippen LogP contribution in [-0.2, 0) is 10.9 Å². The Morgan fingerprint density at radius 3 is 2.66 bits per heavy atom. The summed E-state index contributed by atoms with van der Waals surface area (Å²) in [5.41, 5.74) is 8.73. The zero-order valence-electron chi connectivity index (χ0n) is 31.0. The fourth-order valence-electron chi connectivity index (χ4n) is 9.45. The molecule has 0 aliphatic carbocycles. The summed E-state index contributed by atoms with van der Waals surface area (Å²) in [7, 11) is 0. The van der Waals surface area contributed by atoms with Crippen LogP contribution >= 0.6 is 11.3 Å². The van der Waals surface area contributed by atoms with E-state index in [0.717, 1.165) is 31.4 Å². The van der Waals surface area contributed by atoms with Crippen LogP contribution in [0.3, 0.4) is 0 Å². The molecule has 3 saturated heterocycles. The van der Waals surface area contributed by atoms with E-state index in [1.54, 1.807) is 17.0 Å². The number of nitriles is 1. The van der Waals surface area contributed by atoms with E-state index in [1.165, 1.54) is 6.20 Å². The van der Waals surface area contributed by atoms with Gasteiger partial charge >= 0.3 is 12.2 Å². The molecule has 9 rings (SSSR count). The van der Waals surface area contributed by atoms with Gasteiger partial charge in [0.1, 0.15) is 64.7 Å². The van der Waals surface area contributed by atoms with E-state index in [9.17, 15) is 9.65 Å². The summed E-state index contributed by atoms with van der Waals surface area (Å²) in [5, 5.41) is 9.26. The van der Waals surface area contributed by atoms with Gasteiger partial charge in [0.25, 0.3) is 0 Å². The Morgan fingerprint density at radius 2 is 1.90 bits per heavy atom. The first-order chi connectivity index (χ1) is 27.9. The molecule has 0 spiro atoms. The van der Waals surface area contributed by atoms with Crippen molar-refractivity contribution in [3.63, 3.8) is 0 Å². The summed E-state index contributed by atoms with van der Waals surface area (Å²) in [6.07, 6.45) is -1.20. The minimum absolute atomic E-state index is 0.0155. The lowest BCUT2D eigenvalue weighted by atomic mass is 9.88. The third-order valence-corrected chi connectivity index (χ3v) is 13.1. The first-order valence-corrected chi connectivity index (χ1v) is 19.9. The van der Waals surface area contributed by atoms with Gasteiger partial charge in [0.15, 0.2) is 5.82 Å². The van der Waals surface area contributed by atoms with Crippen molar-refractivity contribution in [3.8, 4) is 29.0 Å². The summed E-state index contributed by atoms with van der Waals surface area (Å²) in [6, 6.07) is 6.31. The smallest absolute Gasteiger partial charge is 0.420 e. The van der Waals surface area contributed by atoms with Gasteiger partial charge in [-0.25, -0.2) is 18.2 Å². The number of rotatable bonds is 8. The Kier molecular flexibility index (Phi) is 9.67. The van der Waals surface area contributed by atoms with E-state index >= 15 is 22.0 Å². The molecule has 0 saturated carbocycles. The van der Waals surface area contributed by atoms with Gasteiger partial charge in [-0.2, -0.15) is 28.4 Å². The quantitative estimate of drug-likeness (QED) is 0.147. The molecule has 0 amide bonds. The number of thiophene rings is 1. The molecule has 2 aromatic carbocycles. The second-order valence-electron chi connectivity index (χ2n) is 15.4. The van der Waals surface area contributed by atoms with E-state index in [2.05, 4.69) is 9.97 Å². The summed E-state index contributed by atoms with van der Waals surface area (Å²) < 4.78 is 113. The second kappa shape index (κ2) is 14.6. The van der Waals surface area contributed by atoms with Crippen LogP contribution in [-0.4, -0.2) is 77.6 Å². The summed E-state index contributed by atoms with van der Waals surface area (Å²) >= 11 is 0.673. The van der Waals surface area contributed by atoms with Gasteiger partial charge in [-0.15, -0.1) is 11.3 Å². The third-order valence-electron chi connectivity index (χ3n) is 12.1. The number of nitrogens with zero attached hydrogens (tertiary/aromatic N) is 6. The number of nitrogens with two attached hydrogens (primary N) is 2. The van der Waals surface area contributed by atoms with Crippen LogP contribution in [0.2, 0.25) is 0 Å².